The van der Waals surface area contributed by atoms with Crippen LogP contribution in [0.15, 0.2) is 24.5 Å². The molecule has 160 valence electrons. The Morgan fingerprint density at radius 1 is 1.13 bits per heavy atom. The van der Waals surface area contributed by atoms with E-state index < -0.39 is 6.04 Å². The molecule has 1 aromatic rings. The second kappa shape index (κ2) is 7.56. The number of amides is 3. The van der Waals surface area contributed by atoms with Crippen LogP contribution in [0.5, 0.6) is 0 Å². The lowest BCUT2D eigenvalue weighted by molar-refractivity contribution is -0.166. The number of carbonyl (C=O) groups excluding carboxylic acids is 3. The lowest BCUT2D eigenvalue weighted by Crippen LogP contribution is -2.69. The first kappa shape index (κ1) is 19.3. The molecule has 3 saturated heterocycles. The van der Waals surface area contributed by atoms with Gasteiger partial charge < -0.3 is 19.3 Å². The summed E-state index contributed by atoms with van der Waals surface area (Å²) in [6, 6.07) is -0.373. The Kier molecular flexibility index (Phi) is 4.87. The van der Waals surface area contributed by atoms with Gasteiger partial charge in [-0.2, -0.15) is 0 Å². The third-order valence-corrected chi connectivity index (χ3v) is 7.31. The van der Waals surface area contributed by atoms with E-state index in [9.17, 15) is 14.4 Å². The Morgan fingerprint density at radius 3 is 2.63 bits per heavy atom. The summed E-state index contributed by atoms with van der Waals surface area (Å²) in [6.07, 6.45) is 10.8. The van der Waals surface area contributed by atoms with Gasteiger partial charge in [0.1, 0.15) is 18.4 Å². The normalized spacial score (nSPS) is 30.6. The third-order valence-electron chi connectivity index (χ3n) is 7.31. The van der Waals surface area contributed by atoms with E-state index in [-0.39, 0.29) is 42.1 Å². The topological polar surface area (TPSA) is 78.8 Å². The second-order valence-corrected chi connectivity index (χ2v) is 9.08. The average molecular weight is 412 g/mol. The molecule has 0 aliphatic carbocycles. The van der Waals surface area contributed by atoms with Gasteiger partial charge in [0.05, 0.1) is 0 Å². The fraction of sp³-hybridized carbons (Fsp3) is 0.636. The minimum atomic E-state index is -0.440. The number of piperidine rings is 3. The first-order valence-corrected chi connectivity index (χ1v) is 11.0. The highest BCUT2D eigenvalue weighted by atomic mass is 16.2. The highest BCUT2D eigenvalue weighted by molar-refractivity contribution is 5.89. The molecule has 5 heterocycles. The maximum atomic E-state index is 13.5. The van der Waals surface area contributed by atoms with E-state index in [4.69, 9.17) is 0 Å². The quantitative estimate of drug-likeness (QED) is 0.690. The van der Waals surface area contributed by atoms with Crippen molar-refractivity contribution in [1.29, 1.82) is 0 Å². The van der Waals surface area contributed by atoms with Crippen molar-refractivity contribution in [3.8, 4) is 0 Å². The molecular formula is C22H29N5O3. The Hall–Kier alpha value is -2.64. The van der Waals surface area contributed by atoms with Gasteiger partial charge in [-0.25, -0.2) is 4.98 Å². The summed E-state index contributed by atoms with van der Waals surface area (Å²) < 4.78 is 1.86. The molecule has 3 amide bonds. The summed E-state index contributed by atoms with van der Waals surface area (Å²) >= 11 is 0. The van der Waals surface area contributed by atoms with E-state index in [1.807, 2.05) is 44.5 Å². The minimum Gasteiger partial charge on any atom is -0.340 e. The van der Waals surface area contributed by atoms with Gasteiger partial charge in [0, 0.05) is 57.0 Å². The number of nitrogens with zero attached hydrogens (tertiary/aromatic N) is 5. The van der Waals surface area contributed by atoms with Crippen molar-refractivity contribution in [2.75, 3.05) is 26.2 Å². The van der Waals surface area contributed by atoms with Crippen molar-refractivity contribution in [2.24, 2.45) is 11.8 Å². The van der Waals surface area contributed by atoms with E-state index in [1.54, 1.807) is 6.20 Å². The van der Waals surface area contributed by atoms with Gasteiger partial charge in [0.2, 0.25) is 17.7 Å². The van der Waals surface area contributed by atoms with E-state index in [0.29, 0.717) is 32.6 Å². The fourth-order valence-electron chi connectivity index (χ4n) is 5.84. The summed E-state index contributed by atoms with van der Waals surface area (Å²) in [5.74, 6) is 1.29. The van der Waals surface area contributed by atoms with Gasteiger partial charge in [0.15, 0.2) is 0 Å². The Morgan fingerprint density at radius 2 is 1.90 bits per heavy atom. The lowest BCUT2D eigenvalue weighted by Gasteiger charge is -2.56. The van der Waals surface area contributed by atoms with Crippen molar-refractivity contribution >= 4 is 17.7 Å². The second-order valence-electron chi connectivity index (χ2n) is 9.08. The average Bonchev–Trinajstić information content (AvgIpc) is 3.41. The van der Waals surface area contributed by atoms with E-state index in [2.05, 4.69) is 4.98 Å². The molecule has 8 heteroatoms. The molecule has 0 spiro atoms. The van der Waals surface area contributed by atoms with Gasteiger partial charge in [-0.1, -0.05) is 12.2 Å². The molecule has 0 N–H and O–H groups in total. The number of hydrogen-bond acceptors (Lipinski definition) is 4. The van der Waals surface area contributed by atoms with Crippen LogP contribution in [0.4, 0.5) is 0 Å². The Bertz CT molecular complexity index is 885. The number of rotatable bonds is 3. The zero-order chi connectivity index (χ0) is 20.8. The SMILES string of the molecule is Cc1nccn1CC(=O)N1C[C@@H]2C[C@H](C1)[C@H](C(=O)N1CC=CC1)N1C(=O)CCC[C@@H]21. The van der Waals surface area contributed by atoms with E-state index in [1.165, 1.54) is 0 Å². The summed E-state index contributed by atoms with van der Waals surface area (Å²) in [6.45, 7) is 4.60. The molecule has 0 unspecified atom stereocenters. The van der Waals surface area contributed by atoms with Crippen LogP contribution in [0.2, 0.25) is 0 Å². The van der Waals surface area contributed by atoms with Crippen molar-refractivity contribution in [3.63, 3.8) is 0 Å². The molecule has 5 rings (SSSR count). The Labute approximate surface area is 176 Å². The number of aryl methyl sites for hydroxylation is 1. The van der Waals surface area contributed by atoms with Crippen LogP contribution < -0.4 is 0 Å². The third kappa shape index (κ3) is 3.22. The summed E-state index contributed by atoms with van der Waals surface area (Å²) in [5, 5.41) is 0. The highest BCUT2D eigenvalue weighted by Crippen LogP contribution is 2.42. The van der Waals surface area contributed by atoms with Crippen molar-refractivity contribution < 1.29 is 14.4 Å². The van der Waals surface area contributed by atoms with Crippen LogP contribution in [0.3, 0.4) is 0 Å². The summed E-state index contributed by atoms with van der Waals surface area (Å²) in [4.78, 5) is 49.3. The number of imidazole rings is 1. The van der Waals surface area contributed by atoms with Gasteiger partial charge in [-0.15, -0.1) is 0 Å². The molecule has 3 fully saturated rings. The number of fused-ring (bicyclic) bond motifs is 4. The maximum Gasteiger partial charge on any atom is 0.246 e. The number of likely N-dealkylation sites (tertiary alicyclic amines) is 1. The Balaban J connectivity index is 1.40. The summed E-state index contributed by atoms with van der Waals surface area (Å²) in [7, 11) is 0. The zero-order valence-corrected chi connectivity index (χ0v) is 17.4. The highest BCUT2D eigenvalue weighted by Gasteiger charge is 2.53. The van der Waals surface area contributed by atoms with Crippen LogP contribution in [-0.4, -0.2) is 80.2 Å². The minimum absolute atomic E-state index is 0.00276. The van der Waals surface area contributed by atoms with Crippen LogP contribution >= 0.6 is 0 Å². The fourth-order valence-corrected chi connectivity index (χ4v) is 5.84. The first-order chi connectivity index (χ1) is 14.5. The molecule has 0 aromatic carbocycles. The van der Waals surface area contributed by atoms with E-state index >= 15 is 0 Å². The monoisotopic (exact) mass is 411 g/mol. The first-order valence-electron chi connectivity index (χ1n) is 11.0. The largest absolute Gasteiger partial charge is 0.340 e. The molecular weight excluding hydrogens is 382 g/mol. The van der Waals surface area contributed by atoms with Crippen LogP contribution in [0.25, 0.3) is 0 Å². The molecule has 8 nitrogen and oxygen atoms in total. The van der Waals surface area contributed by atoms with Crippen LogP contribution in [-0.2, 0) is 20.9 Å². The van der Waals surface area contributed by atoms with Crippen molar-refractivity contribution in [3.05, 3.63) is 30.4 Å². The van der Waals surface area contributed by atoms with Gasteiger partial charge in [0.25, 0.3) is 0 Å². The van der Waals surface area contributed by atoms with Gasteiger partial charge >= 0.3 is 0 Å². The predicted octanol–water partition coefficient (Wildman–Crippen LogP) is 0.818. The van der Waals surface area contributed by atoms with Crippen molar-refractivity contribution in [2.45, 2.75) is 51.2 Å². The molecule has 4 aliphatic rings. The molecule has 4 aliphatic heterocycles. The van der Waals surface area contributed by atoms with Gasteiger partial charge in [-0.05, 0) is 32.1 Å². The smallest absolute Gasteiger partial charge is 0.246 e. The van der Waals surface area contributed by atoms with Crippen LogP contribution in [0, 0.1) is 18.8 Å². The molecule has 4 atom stereocenters. The number of hydrogen-bond donors (Lipinski definition) is 0. The molecule has 0 saturated carbocycles. The van der Waals surface area contributed by atoms with E-state index in [0.717, 1.165) is 25.1 Å². The standard InChI is InChI=1S/C22H29N5O3/c1-15-23-7-10-25(15)14-20(29)26-12-16-11-17(13-26)21(22(30)24-8-2-3-9-24)27-18(16)5-4-6-19(27)28/h2-3,7,10,16-18,21H,4-6,8-9,11-14H2,1H3/t16-,17+,18-,21+/m0/s1. The summed E-state index contributed by atoms with van der Waals surface area (Å²) in [5.41, 5.74) is 0. The number of aromatic nitrogens is 2. The van der Waals surface area contributed by atoms with Crippen molar-refractivity contribution in [1.82, 2.24) is 24.3 Å². The number of carbonyl (C=O) groups is 3. The lowest BCUT2D eigenvalue weighted by atomic mass is 9.71. The molecule has 30 heavy (non-hydrogen) atoms. The maximum absolute atomic E-state index is 13.5. The molecule has 1 aromatic heterocycles. The zero-order valence-electron chi connectivity index (χ0n) is 17.4. The van der Waals surface area contributed by atoms with Crippen LogP contribution in [0.1, 0.15) is 31.5 Å². The molecule has 0 radical (unpaired) electrons. The molecule has 2 bridgehead atoms. The van der Waals surface area contributed by atoms with Gasteiger partial charge in [-0.3, -0.25) is 14.4 Å². The predicted molar refractivity (Wildman–Crippen MR) is 109 cm³/mol.